The van der Waals surface area contributed by atoms with Crippen LogP contribution in [0.2, 0.25) is 5.15 Å². The van der Waals surface area contributed by atoms with Crippen LogP contribution in [0.5, 0.6) is 0 Å². The number of nitrogens with zero attached hydrogens (tertiary/aromatic N) is 2. The first-order chi connectivity index (χ1) is 6.56. The fourth-order valence-electron chi connectivity index (χ4n) is 1.09. The summed E-state index contributed by atoms with van der Waals surface area (Å²) < 4.78 is 5.96. The maximum atomic E-state index is 5.96. The van der Waals surface area contributed by atoms with Crippen LogP contribution in [0.4, 0.5) is 0 Å². The molecule has 5 heteroatoms. The van der Waals surface area contributed by atoms with E-state index in [9.17, 15) is 0 Å². The van der Waals surface area contributed by atoms with Gasteiger partial charge < -0.3 is 4.74 Å². The van der Waals surface area contributed by atoms with E-state index in [1.54, 1.807) is 7.11 Å². The van der Waals surface area contributed by atoms with E-state index in [1.807, 2.05) is 13.8 Å². The predicted octanol–water partition coefficient (Wildman–Crippen LogP) is 2.79. The SMILES string of the molecule is COCC(C)c1nc(C)c(I)c(Cl)n1. The molecule has 0 fully saturated rings. The molecule has 0 aliphatic carbocycles. The molecular weight excluding hydrogens is 314 g/mol. The smallest absolute Gasteiger partial charge is 0.146 e. The van der Waals surface area contributed by atoms with Crippen LogP contribution in [0, 0.1) is 10.5 Å². The molecule has 1 atom stereocenters. The molecule has 14 heavy (non-hydrogen) atoms. The van der Waals surface area contributed by atoms with Gasteiger partial charge in [-0.05, 0) is 29.5 Å². The van der Waals surface area contributed by atoms with Crippen molar-refractivity contribution < 1.29 is 4.74 Å². The molecule has 3 nitrogen and oxygen atoms in total. The largest absolute Gasteiger partial charge is 0.384 e. The van der Waals surface area contributed by atoms with Gasteiger partial charge in [-0.15, -0.1) is 0 Å². The molecule has 0 aliphatic rings. The number of rotatable bonds is 3. The Morgan fingerprint density at radius 3 is 2.64 bits per heavy atom. The van der Waals surface area contributed by atoms with Crippen molar-refractivity contribution in [1.29, 1.82) is 0 Å². The van der Waals surface area contributed by atoms with Gasteiger partial charge in [0.15, 0.2) is 0 Å². The number of aryl methyl sites for hydroxylation is 1. The number of aromatic nitrogens is 2. The molecule has 1 unspecified atom stereocenters. The minimum absolute atomic E-state index is 0.174. The Kier molecular flexibility index (Phi) is 4.53. The highest BCUT2D eigenvalue weighted by molar-refractivity contribution is 14.1. The molecule has 0 aliphatic heterocycles. The first kappa shape index (κ1) is 12.1. The molecule has 0 spiro atoms. The van der Waals surface area contributed by atoms with Gasteiger partial charge in [0, 0.05) is 13.0 Å². The van der Waals surface area contributed by atoms with E-state index >= 15 is 0 Å². The lowest BCUT2D eigenvalue weighted by Gasteiger charge is -2.10. The van der Waals surface area contributed by atoms with Gasteiger partial charge >= 0.3 is 0 Å². The number of hydrogen-bond acceptors (Lipinski definition) is 3. The molecule has 78 valence electrons. The summed E-state index contributed by atoms with van der Waals surface area (Å²) in [5, 5.41) is 0.524. The average Bonchev–Trinajstić information content (AvgIpc) is 2.13. The second-order valence-electron chi connectivity index (χ2n) is 3.13. The van der Waals surface area contributed by atoms with E-state index in [4.69, 9.17) is 16.3 Å². The van der Waals surface area contributed by atoms with Crippen LogP contribution in [0.1, 0.15) is 24.4 Å². The van der Waals surface area contributed by atoms with E-state index in [-0.39, 0.29) is 5.92 Å². The summed E-state index contributed by atoms with van der Waals surface area (Å²) in [5.74, 6) is 0.919. The topological polar surface area (TPSA) is 35.0 Å². The van der Waals surface area contributed by atoms with Gasteiger partial charge in [0.25, 0.3) is 0 Å². The summed E-state index contributed by atoms with van der Waals surface area (Å²) in [6.07, 6.45) is 0. The van der Waals surface area contributed by atoms with E-state index in [0.29, 0.717) is 11.8 Å². The molecule has 1 aromatic heterocycles. The van der Waals surface area contributed by atoms with E-state index in [1.165, 1.54) is 0 Å². The Morgan fingerprint density at radius 1 is 1.50 bits per heavy atom. The summed E-state index contributed by atoms with van der Waals surface area (Å²) in [6.45, 7) is 4.55. The Balaban J connectivity index is 3.00. The Hall–Kier alpha value is 0.0600. The van der Waals surface area contributed by atoms with Gasteiger partial charge in [-0.3, -0.25) is 0 Å². The Bertz CT molecular complexity index is 310. The average molecular weight is 327 g/mol. The van der Waals surface area contributed by atoms with E-state index < -0.39 is 0 Å². The zero-order chi connectivity index (χ0) is 10.7. The van der Waals surface area contributed by atoms with Gasteiger partial charge in [0.1, 0.15) is 11.0 Å². The van der Waals surface area contributed by atoms with Crippen molar-refractivity contribution in [3.8, 4) is 0 Å². The molecule has 1 heterocycles. The fourth-order valence-corrected chi connectivity index (χ4v) is 1.55. The van der Waals surface area contributed by atoms with Gasteiger partial charge in [-0.2, -0.15) is 0 Å². The lowest BCUT2D eigenvalue weighted by atomic mass is 10.2. The minimum atomic E-state index is 0.174. The fraction of sp³-hybridized carbons (Fsp3) is 0.556. The van der Waals surface area contributed by atoms with E-state index in [0.717, 1.165) is 15.1 Å². The maximum Gasteiger partial charge on any atom is 0.146 e. The van der Waals surface area contributed by atoms with Gasteiger partial charge in [0.05, 0.1) is 15.9 Å². The third-order valence-electron chi connectivity index (χ3n) is 1.85. The third kappa shape index (κ3) is 2.77. The van der Waals surface area contributed by atoms with Crippen molar-refractivity contribution in [3.63, 3.8) is 0 Å². The molecular formula is C9H12ClIN2O. The number of halogens is 2. The Morgan fingerprint density at radius 2 is 2.14 bits per heavy atom. The van der Waals surface area contributed by atoms with Crippen LogP contribution in [-0.4, -0.2) is 23.7 Å². The van der Waals surface area contributed by atoms with Crippen molar-refractivity contribution >= 4 is 34.2 Å². The molecule has 1 rings (SSSR count). The number of methoxy groups -OCH3 is 1. The first-order valence-corrected chi connectivity index (χ1v) is 5.70. The number of ether oxygens (including phenoxy) is 1. The second kappa shape index (κ2) is 5.23. The van der Waals surface area contributed by atoms with Crippen LogP contribution in [-0.2, 0) is 4.74 Å². The summed E-state index contributed by atoms with van der Waals surface area (Å²) in [5.41, 5.74) is 0.920. The maximum absolute atomic E-state index is 5.96. The van der Waals surface area contributed by atoms with Gasteiger partial charge in [-0.25, -0.2) is 9.97 Å². The molecule has 0 radical (unpaired) electrons. The molecule has 0 saturated carbocycles. The zero-order valence-electron chi connectivity index (χ0n) is 8.34. The lowest BCUT2D eigenvalue weighted by Crippen LogP contribution is -2.09. The van der Waals surface area contributed by atoms with Crippen molar-refractivity contribution in [2.24, 2.45) is 0 Å². The van der Waals surface area contributed by atoms with Crippen LogP contribution in [0.25, 0.3) is 0 Å². The van der Waals surface area contributed by atoms with Crippen LogP contribution in [0.3, 0.4) is 0 Å². The monoisotopic (exact) mass is 326 g/mol. The van der Waals surface area contributed by atoms with Crippen LogP contribution in [0.15, 0.2) is 0 Å². The predicted molar refractivity (Wildman–Crippen MR) is 64.8 cm³/mol. The minimum Gasteiger partial charge on any atom is -0.384 e. The molecule has 0 saturated heterocycles. The molecule has 0 amide bonds. The lowest BCUT2D eigenvalue weighted by molar-refractivity contribution is 0.181. The van der Waals surface area contributed by atoms with Crippen molar-refractivity contribution in [3.05, 3.63) is 20.2 Å². The molecule has 0 bridgehead atoms. The standard InChI is InChI=1S/C9H12ClIN2O/c1-5(4-14-3)9-12-6(2)7(11)8(10)13-9/h5H,4H2,1-3H3. The van der Waals surface area contributed by atoms with Crippen LogP contribution >= 0.6 is 34.2 Å². The highest BCUT2D eigenvalue weighted by Gasteiger charge is 2.12. The van der Waals surface area contributed by atoms with Crippen molar-refractivity contribution in [1.82, 2.24) is 9.97 Å². The Labute approximate surface area is 102 Å². The molecule has 0 N–H and O–H groups in total. The summed E-state index contributed by atoms with van der Waals surface area (Å²) in [7, 11) is 1.66. The normalized spacial score (nSPS) is 12.9. The zero-order valence-corrected chi connectivity index (χ0v) is 11.3. The van der Waals surface area contributed by atoms with E-state index in [2.05, 4.69) is 32.6 Å². The quantitative estimate of drug-likeness (QED) is 0.633. The number of hydrogen-bond donors (Lipinski definition) is 0. The van der Waals surface area contributed by atoms with Gasteiger partial charge in [0.2, 0.25) is 0 Å². The summed E-state index contributed by atoms with van der Waals surface area (Å²) in [6, 6.07) is 0. The van der Waals surface area contributed by atoms with Gasteiger partial charge in [-0.1, -0.05) is 18.5 Å². The summed E-state index contributed by atoms with van der Waals surface area (Å²) in [4.78, 5) is 8.59. The molecule has 1 aromatic rings. The van der Waals surface area contributed by atoms with Crippen LogP contribution < -0.4 is 0 Å². The molecule has 0 aromatic carbocycles. The highest BCUT2D eigenvalue weighted by Crippen LogP contribution is 2.21. The third-order valence-corrected chi connectivity index (χ3v) is 3.74. The van der Waals surface area contributed by atoms with Crippen molar-refractivity contribution in [2.45, 2.75) is 19.8 Å². The van der Waals surface area contributed by atoms with Crippen molar-refractivity contribution in [2.75, 3.05) is 13.7 Å². The highest BCUT2D eigenvalue weighted by atomic mass is 127. The summed E-state index contributed by atoms with van der Waals surface area (Å²) >= 11 is 8.11. The second-order valence-corrected chi connectivity index (χ2v) is 4.57. The first-order valence-electron chi connectivity index (χ1n) is 4.24.